The lowest BCUT2D eigenvalue weighted by Gasteiger charge is -2.29. The number of hydrogen-bond donors (Lipinski definition) is 0. The maximum absolute atomic E-state index is 13.9. The third-order valence-electron chi connectivity index (χ3n) is 4.33. The van der Waals surface area contributed by atoms with Gasteiger partial charge in [-0.15, -0.1) is 0 Å². The van der Waals surface area contributed by atoms with Gasteiger partial charge in [-0.2, -0.15) is 0 Å². The van der Waals surface area contributed by atoms with Crippen molar-refractivity contribution in [1.82, 2.24) is 0 Å². The molecule has 0 spiro atoms. The maximum atomic E-state index is 13.9. The third-order valence-corrected chi connectivity index (χ3v) is 4.33. The van der Waals surface area contributed by atoms with Crippen LogP contribution in [0.1, 0.15) is 62.5 Å². The first-order valence-electron chi connectivity index (χ1n) is 7.18. The summed E-state index contributed by atoms with van der Waals surface area (Å²) in [7, 11) is 0. The Morgan fingerprint density at radius 2 is 1.68 bits per heavy atom. The second-order valence-electron chi connectivity index (χ2n) is 5.72. The van der Waals surface area contributed by atoms with Crippen molar-refractivity contribution in [2.75, 3.05) is 0 Å². The molecule has 1 fully saturated rings. The molecule has 0 N–H and O–H groups in total. The number of hydrogen-bond acceptors (Lipinski definition) is 0. The molecule has 1 aliphatic carbocycles. The van der Waals surface area contributed by atoms with Crippen LogP contribution in [0.3, 0.4) is 0 Å². The van der Waals surface area contributed by atoms with Gasteiger partial charge in [0.1, 0.15) is 5.82 Å². The van der Waals surface area contributed by atoms with Crippen molar-refractivity contribution in [3.63, 3.8) is 0 Å². The van der Waals surface area contributed by atoms with E-state index in [1.165, 1.54) is 13.3 Å². The molecule has 0 unspecified atom stereocenters. The Kier molecular flexibility index (Phi) is 4.54. The van der Waals surface area contributed by atoms with Gasteiger partial charge in [-0.05, 0) is 56.1 Å². The van der Waals surface area contributed by atoms with Gasteiger partial charge in [0, 0.05) is 5.56 Å². The van der Waals surface area contributed by atoms with Gasteiger partial charge in [-0.3, -0.25) is 0 Å². The van der Waals surface area contributed by atoms with Crippen LogP contribution in [0.25, 0.3) is 0 Å². The van der Waals surface area contributed by atoms with E-state index < -0.39 is 17.5 Å². The number of halogens is 3. The van der Waals surface area contributed by atoms with Crippen LogP contribution in [0, 0.1) is 30.3 Å². The quantitative estimate of drug-likeness (QED) is 0.637. The van der Waals surface area contributed by atoms with E-state index >= 15 is 0 Å². The van der Waals surface area contributed by atoms with Gasteiger partial charge in [0.15, 0.2) is 11.6 Å². The Morgan fingerprint density at radius 1 is 1.05 bits per heavy atom. The highest BCUT2D eigenvalue weighted by molar-refractivity contribution is 5.30. The first kappa shape index (κ1) is 14.4. The molecule has 0 heterocycles. The van der Waals surface area contributed by atoms with E-state index in [1.807, 2.05) is 0 Å². The normalized spacial score (nSPS) is 23.6. The van der Waals surface area contributed by atoms with Crippen LogP contribution in [0.5, 0.6) is 0 Å². The van der Waals surface area contributed by atoms with Gasteiger partial charge in [-0.25, -0.2) is 13.2 Å². The molecule has 0 atom stereocenters. The summed E-state index contributed by atoms with van der Waals surface area (Å²) in [5, 5.41) is 0. The van der Waals surface area contributed by atoms with Crippen molar-refractivity contribution >= 4 is 0 Å². The van der Waals surface area contributed by atoms with Crippen LogP contribution in [-0.4, -0.2) is 0 Å². The van der Waals surface area contributed by atoms with Gasteiger partial charge in [0.25, 0.3) is 0 Å². The molecule has 0 radical (unpaired) electrons. The van der Waals surface area contributed by atoms with Crippen molar-refractivity contribution in [2.24, 2.45) is 5.92 Å². The van der Waals surface area contributed by atoms with Crippen LogP contribution in [0.4, 0.5) is 13.2 Å². The van der Waals surface area contributed by atoms with E-state index in [1.54, 1.807) is 0 Å². The molecular formula is C16H21F3. The summed E-state index contributed by atoms with van der Waals surface area (Å²) in [4.78, 5) is 0. The van der Waals surface area contributed by atoms with E-state index in [9.17, 15) is 13.2 Å². The van der Waals surface area contributed by atoms with Crippen molar-refractivity contribution in [2.45, 2.75) is 58.3 Å². The molecule has 19 heavy (non-hydrogen) atoms. The molecule has 1 saturated carbocycles. The second kappa shape index (κ2) is 5.98. The Bertz CT molecular complexity index is 446. The monoisotopic (exact) mass is 270 g/mol. The summed E-state index contributed by atoms with van der Waals surface area (Å²) in [6, 6.07) is 1.12. The lowest BCUT2D eigenvalue weighted by Crippen LogP contribution is -2.16. The Balaban J connectivity index is 2.18. The summed E-state index contributed by atoms with van der Waals surface area (Å²) in [5.74, 6) is -1.95. The topological polar surface area (TPSA) is 0 Å². The first-order chi connectivity index (χ1) is 9.04. The van der Waals surface area contributed by atoms with Crippen LogP contribution >= 0.6 is 0 Å². The fourth-order valence-corrected chi connectivity index (χ4v) is 3.25. The van der Waals surface area contributed by atoms with Crippen molar-refractivity contribution in [3.8, 4) is 0 Å². The molecular weight excluding hydrogens is 249 g/mol. The lowest BCUT2D eigenvalue weighted by atomic mass is 9.77. The highest BCUT2D eigenvalue weighted by Crippen LogP contribution is 2.40. The molecule has 1 aliphatic rings. The minimum Gasteiger partial charge on any atom is -0.207 e. The first-order valence-corrected chi connectivity index (χ1v) is 7.18. The van der Waals surface area contributed by atoms with Crippen LogP contribution in [0.2, 0.25) is 0 Å². The third kappa shape index (κ3) is 2.96. The van der Waals surface area contributed by atoms with Crippen LogP contribution < -0.4 is 0 Å². The molecule has 0 bridgehead atoms. The van der Waals surface area contributed by atoms with Crippen molar-refractivity contribution in [3.05, 3.63) is 34.6 Å². The Labute approximate surface area is 113 Å². The zero-order valence-corrected chi connectivity index (χ0v) is 11.6. The van der Waals surface area contributed by atoms with Gasteiger partial charge < -0.3 is 0 Å². The van der Waals surface area contributed by atoms with E-state index in [2.05, 4.69) is 6.92 Å². The molecule has 3 heteroatoms. The fraction of sp³-hybridized carbons (Fsp3) is 0.625. The molecule has 106 valence electrons. The van der Waals surface area contributed by atoms with Gasteiger partial charge in [0.2, 0.25) is 0 Å². The van der Waals surface area contributed by atoms with Crippen LogP contribution in [0.15, 0.2) is 6.07 Å². The summed E-state index contributed by atoms with van der Waals surface area (Å²) >= 11 is 0. The zero-order chi connectivity index (χ0) is 14.0. The average molecular weight is 270 g/mol. The molecule has 0 aromatic heterocycles. The Morgan fingerprint density at radius 3 is 2.26 bits per heavy atom. The molecule has 0 aliphatic heterocycles. The number of rotatable bonds is 3. The predicted octanol–water partition coefficient (Wildman–Crippen LogP) is 5.49. The molecule has 1 aromatic rings. The molecule has 0 saturated heterocycles. The number of aryl methyl sites for hydroxylation is 1. The predicted molar refractivity (Wildman–Crippen MR) is 70.7 cm³/mol. The average Bonchev–Trinajstić information content (AvgIpc) is 2.38. The summed E-state index contributed by atoms with van der Waals surface area (Å²) in [6.07, 6.45) is 5.85. The standard InChI is InChI=1S/C16H21F3/c1-3-4-11-5-7-12(8-6-11)14-13(17)9-10(2)15(18)16(14)19/h9,11-12H,3-8H2,1-2H3/t11-,12-. The van der Waals surface area contributed by atoms with E-state index in [0.717, 1.165) is 38.2 Å². The highest BCUT2D eigenvalue weighted by Gasteiger charge is 2.28. The van der Waals surface area contributed by atoms with Crippen molar-refractivity contribution < 1.29 is 13.2 Å². The lowest BCUT2D eigenvalue weighted by molar-refractivity contribution is 0.297. The number of benzene rings is 1. The molecule has 0 nitrogen and oxygen atoms in total. The van der Waals surface area contributed by atoms with Crippen molar-refractivity contribution in [1.29, 1.82) is 0 Å². The summed E-state index contributed by atoms with van der Waals surface area (Å²) < 4.78 is 41.4. The van der Waals surface area contributed by atoms with E-state index in [-0.39, 0.29) is 17.0 Å². The minimum atomic E-state index is -0.976. The molecule has 1 aromatic carbocycles. The highest BCUT2D eigenvalue weighted by atomic mass is 19.2. The molecule has 0 amide bonds. The van der Waals surface area contributed by atoms with Gasteiger partial charge >= 0.3 is 0 Å². The Hall–Kier alpha value is -0.990. The largest absolute Gasteiger partial charge is 0.207 e. The summed E-state index contributed by atoms with van der Waals surface area (Å²) in [6.45, 7) is 3.55. The van der Waals surface area contributed by atoms with Gasteiger partial charge in [-0.1, -0.05) is 19.8 Å². The second-order valence-corrected chi connectivity index (χ2v) is 5.72. The summed E-state index contributed by atoms with van der Waals surface area (Å²) in [5.41, 5.74) is 0.0106. The molecule has 2 rings (SSSR count). The fourth-order valence-electron chi connectivity index (χ4n) is 3.25. The van der Waals surface area contributed by atoms with E-state index in [4.69, 9.17) is 0 Å². The van der Waals surface area contributed by atoms with E-state index in [0.29, 0.717) is 5.92 Å². The zero-order valence-electron chi connectivity index (χ0n) is 11.6. The smallest absolute Gasteiger partial charge is 0.165 e. The SMILES string of the molecule is CCC[C@H]1CC[C@H](c2c(F)cc(C)c(F)c2F)CC1. The minimum absolute atomic E-state index is 0.0296. The van der Waals surface area contributed by atoms with Gasteiger partial charge in [0.05, 0.1) is 0 Å². The van der Waals surface area contributed by atoms with Crippen LogP contribution in [-0.2, 0) is 0 Å². The maximum Gasteiger partial charge on any atom is 0.165 e.